The van der Waals surface area contributed by atoms with E-state index in [1.807, 2.05) is 9.80 Å². The van der Waals surface area contributed by atoms with Gasteiger partial charge in [-0.25, -0.2) is 0 Å². The van der Waals surface area contributed by atoms with Gasteiger partial charge in [0.2, 0.25) is 11.8 Å². The largest absolute Gasteiger partial charge is 0.342 e. The lowest BCUT2D eigenvalue weighted by atomic mass is 10.0. The van der Waals surface area contributed by atoms with E-state index in [1.54, 1.807) is 0 Å². The summed E-state index contributed by atoms with van der Waals surface area (Å²) in [6, 6.07) is 0. The number of amides is 2. The fraction of sp³-hybridized carbons (Fsp3) is 0.846. The molecule has 0 unspecified atom stereocenters. The fourth-order valence-corrected chi connectivity index (χ4v) is 3.09. The highest BCUT2D eigenvalue weighted by Crippen LogP contribution is 2.49. The molecule has 0 radical (unpaired) electrons. The van der Waals surface area contributed by atoms with Crippen molar-refractivity contribution in [2.75, 3.05) is 26.2 Å². The Morgan fingerprint density at radius 3 is 1.35 bits per heavy atom. The van der Waals surface area contributed by atoms with E-state index in [1.165, 1.54) is 0 Å². The van der Waals surface area contributed by atoms with E-state index in [2.05, 4.69) is 0 Å². The van der Waals surface area contributed by atoms with Crippen LogP contribution in [0.1, 0.15) is 38.5 Å². The van der Waals surface area contributed by atoms with Gasteiger partial charge in [0.1, 0.15) is 5.41 Å². The highest BCUT2D eigenvalue weighted by Gasteiger charge is 2.59. The van der Waals surface area contributed by atoms with Crippen molar-refractivity contribution in [3.63, 3.8) is 0 Å². The maximum atomic E-state index is 12.4. The van der Waals surface area contributed by atoms with Gasteiger partial charge in [-0.15, -0.1) is 0 Å². The summed E-state index contributed by atoms with van der Waals surface area (Å²) < 4.78 is 0. The molecule has 4 nitrogen and oxygen atoms in total. The summed E-state index contributed by atoms with van der Waals surface area (Å²) in [7, 11) is 0. The predicted molar refractivity (Wildman–Crippen MR) is 63.3 cm³/mol. The van der Waals surface area contributed by atoms with E-state index in [0.29, 0.717) is 0 Å². The van der Waals surface area contributed by atoms with Gasteiger partial charge in [0.15, 0.2) is 0 Å². The summed E-state index contributed by atoms with van der Waals surface area (Å²) in [6.45, 7) is 3.42. The first-order valence-corrected chi connectivity index (χ1v) is 6.83. The number of likely N-dealkylation sites (tertiary alicyclic amines) is 2. The summed E-state index contributed by atoms with van der Waals surface area (Å²) >= 11 is 0. The third-order valence-corrected chi connectivity index (χ3v) is 4.36. The first-order valence-electron chi connectivity index (χ1n) is 6.83. The Morgan fingerprint density at radius 1 is 0.706 bits per heavy atom. The summed E-state index contributed by atoms with van der Waals surface area (Å²) in [6.07, 6.45) is 5.94. The van der Waals surface area contributed by atoms with Crippen LogP contribution in [0.2, 0.25) is 0 Å². The molecule has 2 heterocycles. The Bertz CT molecular complexity index is 307. The fourth-order valence-electron chi connectivity index (χ4n) is 3.09. The van der Waals surface area contributed by atoms with Crippen LogP contribution in [0, 0.1) is 5.41 Å². The molecule has 1 aliphatic carbocycles. The molecular formula is C13H20N2O2. The molecule has 3 rings (SSSR count). The molecule has 0 aromatic carbocycles. The van der Waals surface area contributed by atoms with Crippen LogP contribution < -0.4 is 0 Å². The molecule has 0 bridgehead atoms. The van der Waals surface area contributed by atoms with Crippen molar-refractivity contribution in [1.82, 2.24) is 9.80 Å². The second-order valence-electron chi connectivity index (χ2n) is 5.58. The van der Waals surface area contributed by atoms with Crippen LogP contribution in [0.5, 0.6) is 0 Å². The molecule has 94 valence electrons. The summed E-state index contributed by atoms with van der Waals surface area (Å²) in [5.74, 6) is 0.235. The van der Waals surface area contributed by atoms with E-state index >= 15 is 0 Å². The van der Waals surface area contributed by atoms with Crippen LogP contribution >= 0.6 is 0 Å². The van der Waals surface area contributed by atoms with Crippen molar-refractivity contribution in [2.45, 2.75) is 38.5 Å². The Hall–Kier alpha value is -1.06. The van der Waals surface area contributed by atoms with Gasteiger partial charge in [0.05, 0.1) is 0 Å². The Balaban J connectivity index is 1.71. The molecule has 4 heteroatoms. The maximum Gasteiger partial charge on any atom is 0.238 e. The van der Waals surface area contributed by atoms with Crippen molar-refractivity contribution >= 4 is 11.8 Å². The van der Waals surface area contributed by atoms with Gasteiger partial charge < -0.3 is 9.80 Å². The van der Waals surface area contributed by atoms with Crippen LogP contribution in [-0.4, -0.2) is 47.8 Å². The lowest BCUT2D eigenvalue weighted by Crippen LogP contribution is -2.45. The lowest BCUT2D eigenvalue weighted by molar-refractivity contribution is -0.148. The second-order valence-corrected chi connectivity index (χ2v) is 5.58. The zero-order valence-electron chi connectivity index (χ0n) is 10.3. The highest BCUT2D eigenvalue weighted by molar-refractivity contribution is 6.08. The molecule has 0 atom stereocenters. The smallest absolute Gasteiger partial charge is 0.238 e. The number of hydrogen-bond acceptors (Lipinski definition) is 2. The van der Waals surface area contributed by atoms with Crippen LogP contribution in [-0.2, 0) is 9.59 Å². The molecule has 2 amide bonds. The van der Waals surface area contributed by atoms with Gasteiger partial charge in [-0.2, -0.15) is 0 Å². The van der Waals surface area contributed by atoms with Gasteiger partial charge in [-0.3, -0.25) is 9.59 Å². The normalized spacial score (nSPS) is 26.4. The molecule has 0 aromatic rings. The predicted octanol–water partition coefficient (Wildman–Crippen LogP) is 1.01. The summed E-state index contributed by atoms with van der Waals surface area (Å²) in [5.41, 5.74) is -0.630. The second kappa shape index (κ2) is 4.00. The van der Waals surface area contributed by atoms with E-state index in [4.69, 9.17) is 0 Å². The number of nitrogens with zero attached hydrogens (tertiary/aromatic N) is 2. The minimum Gasteiger partial charge on any atom is -0.342 e. The van der Waals surface area contributed by atoms with Crippen LogP contribution in [0.3, 0.4) is 0 Å². The monoisotopic (exact) mass is 236 g/mol. The average Bonchev–Trinajstić information content (AvgIpc) is 2.83. The first kappa shape index (κ1) is 11.1. The Morgan fingerprint density at radius 2 is 1.06 bits per heavy atom. The van der Waals surface area contributed by atoms with E-state index in [-0.39, 0.29) is 11.8 Å². The van der Waals surface area contributed by atoms with Crippen LogP contribution in [0.4, 0.5) is 0 Å². The van der Waals surface area contributed by atoms with Gasteiger partial charge in [-0.05, 0) is 38.5 Å². The van der Waals surface area contributed by atoms with Crippen molar-refractivity contribution < 1.29 is 9.59 Å². The van der Waals surface area contributed by atoms with Crippen molar-refractivity contribution in [2.24, 2.45) is 5.41 Å². The quantitative estimate of drug-likeness (QED) is 0.671. The molecule has 3 fully saturated rings. The number of rotatable bonds is 2. The van der Waals surface area contributed by atoms with E-state index in [9.17, 15) is 9.59 Å². The van der Waals surface area contributed by atoms with Crippen molar-refractivity contribution in [3.05, 3.63) is 0 Å². The molecule has 17 heavy (non-hydrogen) atoms. The standard InChI is InChI=1S/C13H20N2O2/c16-11(14-7-1-2-8-14)13(5-6-13)12(17)15-9-3-4-10-15/h1-10H2. The first-order chi connectivity index (χ1) is 8.24. The molecule has 2 aliphatic heterocycles. The number of carbonyl (C=O) groups excluding carboxylic acids is 2. The third kappa shape index (κ3) is 1.74. The Kier molecular flexibility index (Phi) is 2.60. The molecule has 3 aliphatic rings. The average molecular weight is 236 g/mol. The zero-order chi connectivity index (χ0) is 11.9. The maximum absolute atomic E-state index is 12.4. The van der Waals surface area contributed by atoms with Gasteiger partial charge in [0, 0.05) is 26.2 Å². The minimum atomic E-state index is -0.630. The van der Waals surface area contributed by atoms with E-state index in [0.717, 1.165) is 64.7 Å². The zero-order valence-corrected chi connectivity index (χ0v) is 10.3. The minimum absolute atomic E-state index is 0.118. The van der Waals surface area contributed by atoms with Crippen molar-refractivity contribution in [1.29, 1.82) is 0 Å². The van der Waals surface area contributed by atoms with E-state index < -0.39 is 5.41 Å². The molecule has 0 spiro atoms. The number of carbonyl (C=O) groups is 2. The van der Waals surface area contributed by atoms with Crippen molar-refractivity contribution in [3.8, 4) is 0 Å². The van der Waals surface area contributed by atoms with Crippen LogP contribution in [0.15, 0.2) is 0 Å². The van der Waals surface area contributed by atoms with Gasteiger partial charge in [0.25, 0.3) is 0 Å². The SMILES string of the molecule is O=C(N1CCCC1)C1(C(=O)N2CCCC2)CC1. The lowest BCUT2D eigenvalue weighted by Gasteiger charge is -2.26. The molecule has 2 saturated heterocycles. The molecule has 1 saturated carbocycles. The van der Waals surface area contributed by atoms with Gasteiger partial charge >= 0.3 is 0 Å². The number of hydrogen-bond donors (Lipinski definition) is 0. The third-order valence-electron chi connectivity index (χ3n) is 4.36. The van der Waals surface area contributed by atoms with Gasteiger partial charge in [-0.1, -0.05) is 0 Å². The van der Waals surface area contributed by atoms with Crippen LogP contribution in [0.25, 0.3) is 0 Å². The summed E-state index contributed by atoms with van der Waals surface area (Å²) in [4.78, 5) is 28.6. The molecule has 0 aromatic heterocycles. The molecular weight excluding hydrogens is 216 g/mol. The highest BCUT2D eigenvalue weighted by atomic mass is 16.2. The topological polar surface area (TPSA) is 40.6 Å². The molecule has 0 N–H and O–H groups in total. The Labute approximate surface area is 102 Å². The summed E-state index contributed by atoms with van der Waals surface area (Å²) in [5, 5.41) is 0.